The van der Waals surface area contributed by atoms with Crippen LogP contribution >= 0.6 is 11.8 Å². The molecular weight excluding hydrogens is 432 g/mol. The molecule has 1 amide bonds. The summed E-state index contributed by atoms with van der Waals surface area (Å²) in [4.78, 5) is 24.9. The molecule has 0 saturated heterocycles. The molecule has 2 N–H and O–H groups in total. The van der Waals surface area contributed by atoms with E-state index >= 15 is 0 Å². The SMILES string of the molecule is O=C(CSc1ccc(-c2nc3ccccc3[nH]2)cn1)Nc1ccccc1Oc1ccccc1. The number of fused-ring (bicyclic) bond motifs is 1. The molecule has 3 aromatic carbocycles. The second-order valence-corrected chi connectivity index (χ2v) is 8.23. The maximum Gasteiger partial charge on any atom is 0.234 e. The van der Waals surface area contributed by atoms with E-state index in [4.69, 9.17) is 4.74 Å². The van der Waals surface area contributed by atoms with Crippen LogP contribution in [0.15, 0.2) is 102 Å². The molecule has 0 unspecified atom stereocenters. The number of para-hydroxylation sites is 5. The Balaban J connectivity index is 1.20. The highest BCUT2D eigenvalue weighted by Gasteiger charge is 2.10. The summed E-state index contributed by atoms with van der Waals surface area (Å²) >= 11 is 1.37. The van der Waals surface area contributed by atoms with Gasteiger partial charge in [-0.2, -0.15) is 0 Å². The Hall–Kier alpha value is -4.10. The molecule has 0 aliphatic carbocycles. The van der Waals surface area contributed by atoms with Crippen LogP contribution < -0.4 is 10.1 Å². The zero-order chi connectivity index (χ0) is 22.5. The maximum atomic E-state index is 12.5. The number of hydrogen-bond acceptors (Lipinski definition) is 5. The van der Waals surface area contributed by atoms with E-state index in [1.54, 1.807) is 6.20 Å². The van der Waals surface area contributed by atoms with Gasteiger partial charge < -0.3 is 15.0 Å². The highest BCUT2D eigenvalue weighted by atomic mass is 32.2. The number of anilines is 1. The van der Waals surface area contributed by atoms with E-state index < -0.39 is 0 Å². The van der Waals surface area contributed by atoms with Crippen LogP contribution in [0, 0.1) is 0 Å². The Morgan fingerprint density at radius 2 is 1.70 bits per heavy atom. The van der Waals surface area contributed by atoms with E-state index in [1.165, 1.54) is 11.8 Å². The lowest BCUT2D eigenvalue weighted by atomic mass is 10.3. The summed E-state index contributed by atoms with van der Waals surface area (Å²) in [5.41, 5.74) is 3.42. The van der Waals surface area contributed by atoms with Crippen LogP contribution in [-0.2, 0) is 4.79 Å². The van der Waals surface area contributed by atoms with Gasteiger partial charge in [0, 0.05) is 11.8 Å². The summed E-state index contributed by atoms with van der Waals surface area (Å²) in [5.74, 6) is 2.18. The van der Waals surface area contributed by atoms with Crippen molar-refractivity contribution in [1.29, 1.82) is 0 Å². The van der Waals surface area contributed by atoms with Crippen LogP contribution in [0.2, 0.25) is 0 Å². The van der Waals surface area contributed by atoms with E-state index in [2.05, 4.69) is 20.3 Å². The number of nitrogens with one attached hydrogen (secondary N) is 2. The number of aromatic amines is 1. The Labute approximate surface area is 195 Å². The van der Waals surface area contributed by atoms with Gasteiger partial charge >= 0.3 is 0 Å². The maximum absolute atomic E-state index is 12.5. The fourth-order valence-electron chi connectivity index (χ4n) is 3.30. The van der Waals surface area contributed by atoms with Crippen molar-refractivity contribution in [2.45, 2.75) is 5.03 Å². The zero-order valence-corrected chi connectivity index (χ0v) is 18.4. The van der Waals surface area contributed by atoms with Crippen LogP contribution in [0.3, 0.4) is 0 Å². The third-order valence-corrected chi connectivity index (χ3v) is 5.83. The van der Waals surface area contributed by atoms with E-state index in [-0.39, 0.29) is 11.7 Å². The van der Waals surface area contributed by atoms with Gasteiger partial charge in [-0.1, -0.05) is 54.2 Å². The van der Waals surface area contributed by atoms with Crippen LogP contribution in [-0.4, -0.2) is 26.6 Å². The van der Waals surface area contributed by atoms with Gasteiger partial charge in [0.15, 0.2) is 5.75 Å². The van der Waals surface area contributed by atoms with Crippen molar-refractivity contribution >= 4 is 34.4 Å². The molecule has 5 rings (SSSR count). The highest BCUT2D eigenvalue weighted by molar-refractivity contribution is 7.99. The van der Waals surface area contributed by atoms with Gasteiger partial charge in [-0.05, 0) is 48.5 Å². The fourth-order valence-corrected chi connectivity index (χ4v) is 3.94. The number of nitrogens with zero attached hydrogens (tertiary/aromatic N) is 2. The topological polar surface area (TPSA) is 79.9 Å². The van der Waals surface area contributed by atoms with Gasteiger partial charge in [0.25, 0.3) is 0 Å². The van der Waals surface area contributed by atoms with Crippen LogP contribution in [0.1, 0.15) is 0 Å². The molecule has 2 heterocycles. The first-order valence-corrected chi connectivity index (χ1v) is 11.4. The van der Waals surface area contributed by atoms with Crippen molar-refractivity contribution in [3.8, 4) is 22.9 Å². The highest BCUT2D eigenvalue weighted by Crippen LogP contribution is 2.29. The largest absolute Gasteiger partial charge is 0.455 e. The molecule has 0 aliphatic heterocycles. The predicted molar refractivity (Wildman–Crippen MR) is 132 cm³/mol. The van der Waals surface area contributed by atoms with Gasteiger partial charge in [-0.3, -0.25) is 4.79 Å². The van der Waals surface area contributed by atoms with E-state index in [1.807, 2.05) is 91.0 Å². The average Bonchev–Trinajstić information content (AvgIpc) is 3.29. The standard InChI is InChI=1S/C26H20N4O2S/c31-24(28-22-12-6-7-13-23(22)32-19-8-2-1-3-9-19)17-33-25-15-14-18(16-27-25)26-29-20-10-4-5-11-21(20)30-26/h1-16H,17H2,(H,28,31)(H,29,30). The number of benzene rings is 3. The zero-order valence-electron chi connectivity index (χ0n) is 17.6. The third-order valence-electron chi connectivity index (χ3n) is 4.88. The second kappa shape index (κ2) is 9.58. The molecule has 162 valence electrons. The van der Waals surface area contributed by atoms with Crippen LogP contribution in [0.25, 0.3) is 22.4 Å². The molecule has 0 aliphatic rings. The lowest BCUT2D eigenvalue weighted by Crippen LogP contribution is -2.14. The average molecular weight is 453 g/mol. The molecule has 7 heteroatoms. The summed E-state index contributed by atoms with van der Waals surface area (Å²) in [6, 6.07) is 28.6. The van der Waals surface area contributed by atoms with Crippen molar-refractivity contribution in [1.82, 2.24) is 15.0 Å². The number of imidazole rings is 1. The normalized spacial score (nSPS) is 10.8. The number of H-pyrrole nitrogens is 1. The minimum absolute atomic E-state index is 0.132. The van der Waals surface area contributed by atoms with Gasteiger partial charge in [0.1, 0.15) is 11.6 Å². The fraction of sp³-hybridized carbons (Fsp3) is 0.0385. The van der Waals surface area contributed by atoms with Crippen LogP contribution in [0.5, 0.6) is 11.5 Å². The number of rotatable bonds is 7. The number of carbonyl (C=O) groups excluding carboxylic acids is 1. The number of thioether (sulfide) groups is 1. The third kappa shape index (κ3) is 5.05. The molecule has 0 saturated carbocycles. The van der Waals surface area contributed by atoms with Gasteiger partial charge in [-0.25, -0.2) is 9.97 Å². The van der Waals surface area contributed by atoms with Crippen molar-refractivity contribution in [2.24, 2.45) is 0 Å². The molecule has 33 heavy (non-hydrogen) atoms. The van der Waals surface area contributed by atoms with Crippen LogP contribution in [0.4, 0.5) is 5.69 Å². The van der Waals surface area contributed by atoms with E-state index in [9.17, 15) is 4.79 Å². The van der Waals surface area contributed by atoms with Crippen molar-refractivity contribution < 1.29 is 9.53 Å². The van der Waals surface area contributed by atoms with Crippen molar-refractivity contribution in [3.63, 3.8) is 0 Å². The molecule has 2 aromatic heterocycles. The second-order valence-electron chi connectivity index (χ2n) is 7.24. The first kappa shape index (κ1) is 20.8. The first-order valence-electron chi connectivity index (χ1n) is 10.4. The molecule has 0 bridgehead atoms. The summed E-state index contributed by atoms with van der Waals surface area (Å²) in [5, 5.41) is 3.69. The number of pyridine rings is 1. The molecular formula is C26H20N4O2S. The Bertz CT molecular complexity index is 1350. The minimum Gasteiger partial charge on any atom is -0.455 e. The predicted octanol–water partition coefficient (Wildman–Crippen LogP) is 6.15. The Kier molecular flexibility index (Phi) is 6.04. The Morgan fingerprint density at radius 1 is 0.909 bits per heavy atom. The van der Waals surface area contributed by atoms with Gasteiger partial charge in [0.05, 0.1) is 27.5 Å². The summed E-state index contributed by atoms with van der Waals surface area (Å²) in [6.07, 6.45) is 1.76. The number of amides is 1. The smallest absolute Gasteiger partial charge is 0.234 e. The quantitative estimate of drug-likeness (QED) is 0.290. The van der Waals surface area contributed by atoms with Crippen molar-refractivity contribution in [2.75, 3.05) is 11.1 Å². The molecule has 0 atom stereocenters. The number of ether oxygens (including phenoxy) is 1. The molecule has 0 radical (unpaired) electrons. The van der Waals surface area contributed by atoms with E-state index in [0.29, 0.717) is 17.2 Å². The summed E-state index contributed by atoms with van der Waals surface area (Å²) in [6.45, 7) is 0. The lowest BCUT2D eigenvalue weighted by molar-refractivity contribution is -0.113. The molecule has 6 nitrogen and oxygen atoms in total. The lowest BCUT2D eigenvalue weighted by Gasteiger charge is -2.12. The first-order chi connectivity index (χ1) is 16.2. The number of carbonyl (C=O) groups is 1. The number of hydrogen-bond donors (Lipinski definition) is 2. The molecule has 0 fully saturated rings. The Morgan fingerprint density at radius 3 is 2.52 bits per heavy atom. The molecule has 0 spiro atoms. The van der Waals surface area contributed by atoms with E-state index in [0.717, 1.165) is 27.4 Å². The van der Waals surface area contributed by atoms with Gasteiger partial charge in [-0.15, -0.1) is 0 Å². The summed E-state index contributed by atoms with van der Waals surface area (Å²) in [7, 11) is 0. The monoisotopic (exact) mass is 452 g/mol. The number of aromatic nitrogens is 3. The summed E-state index contributed by atoms with van der Waals surface area (Å²) < 4.78 is 5.91. The van der Waals surface area contributed by atoms with Gasteiger partial charge in [0.2, 0.25) is 5.91 Å². The molecule has 5 aromatic rings. The van der Waals surface area contributed by atoms with Crippen molar-refractivity contribution in [3.05, 3.63) is 97.2 Å². The minimum atomic E-state index is -0.132.